The lowest BCUT2D eigenvalue weighted by Gasteiger charge is -2.37. The third-order valence-corrected chi connectivity index (χ3v) is 3.75. The number of rotatable bonds is 3. The molecule has 1 aromatic heterocycles. The standard InChI is InChI=1S/C14H16N4O3/c19-12(20)4-3-10-2-1-5-15-13(10)17-6-7-18-11(9-17)8-16-14(18)21/h1-5,11H,6-9H2,(H,16,21)(H,19,20)/b4-3+. The molecule has 2 saturated heterocycles. The minimum atomic E-state index is -0.986. The van der Waals surface area contributed by atoms with E-state index in [1.807, 2.05) is 11.0 Å². The Kier molecular flexibility index (Phi) is 3.47. The molecule has 7 nitrogen and oxygen atoms in total. The van der Waals surface area contributed by atoms with Crippen molar-refractivity contribution in [3.8, 4) is 0 Å². The minimum Gasteiger partial charge on any atom is -0.478 e. The average molecular weight is 288 g/mol. The molecule has 0 saturated carbocycles. The SMILES string of the molecule is O=C(O)/C=C/c1cccnc1N1CCN2C(=O)NCC2C1. The fourth-order valence-electron chi connectivity index (χ4n) is 2.76. The lowest BCUT2D eigenvalue weighted by molar-refractivity contribution is -0.131. The van der Waals surface area contributed by atoms with Crippen LogP contribution in [0.5, 0.6) is 0 Å². The van der Waals surface area contributed by atoms with Gasteiger partial charge in [0.1, 0.15) is 5.82 Å². The zero-order valence-corrected chi connectivity index (χ0v) is 11.4. The maximum atomic E-state index is 11.6. The molecule has 0 radical (unpaired) electrons. The molecule has 0 aromatic carbocycles. The highest BCUT2D eigenvalue weighted by Gasteiger charge is 2.36. The highest BCUT2D eigenvalue weighted by molar-refractivity contribution is 5.86. The van der Waals surface area contributed by atoms with Crippen LogP contribution >= 0.6 is 0 Å². The largest absolute Gasteiger partial charge is 0.478 e. The van der Waals surface area contributed by atoms with Crippen LogP contribution in [0.2, 0.25) is 0 Å². The van der Waals surface area contributed by atoms with E-state index in [4.69, 9.17) is 5.11 Å². The van der Waals surface area contributed by atoms with Gasteiger partial charge in [0.15, 0.2) is 0 Å². The van der Waals surface area contributed by atoms with Gasteiger partial charge >= 0.3 is 12.0 Å². The van der Waals surface area contributed by atoms with Crippen LogP contribution in [-0.4, -0.2) is 59.2 Å². The molecule has 2 fully saturated rings. The molecule has 2 N–H and O–H groups in total. The lowest BCUT2D eigenvalue weighted by Crippen LogP contribution is -2.52. The van der Waals surface area contributed by atoms with Crippen molar-refractivity contribution in [2.24, 2.45) is 0 Å². The quantitative estimate of drug-likeness (QED) is 0.786. The number of carboxylic acid groups (broad SMARTS) is 1. The summed E-state index contributed by atoms with van der Waals surface area (Å²) in [4.78, 5) is 30.6. The topological polar surface area (TPSA) is 85.8 Å². The lowest BCUT2D eigenvalue weighted by atomic mass is 10.1. The first-order valence-electron chi connectivity index (χ1n) is 6.80. The summed E-state index contributed by atoms with van der Waals surface area (Å²) in [5.74, 6) is -0.228. The molecular formula is C14H16N4O3. The molecule has 2 aliphatic heterocycles. The Labute approximate surface area is 121 Å². The Morgan fingerprint density at radius 2 is 2.33 bits per heavy atom. The molecule has 7 heteroatoms. The number of carbonyl (C=O) groups excluding carboxylic acids is 1. The van der Waals surface area contributed by atoms with Crippen LogP contribution in [0.3, 0.4) is 0 Å². The second kappa shape index (κ2) is 5.43. The van der Waals surface area contributed by atoms with E-state index in [2.05, 4.69) is 15.2 Å². The second-order valence-electron chi connectivity index (χ2n) is 5.07. The summed E-state index contributed by atoms with van der Waals surface area (Å²) >= 11 is 0. The maximum absolute atomic E-state index is 11.6. The van der Waals surface area contributed by atoms with Crippen LogP contribution in [-0.2, 0) is 4.79 Å². The van der Waals surface area contributed by atoms with E-state index in [0.717, 1.165) is 17.5 Å². The Hall–Kier alpha value is -2.57. The molecule has 1 aromatic rings. The summed E-state index contributed by atoms with van der Waals surface area (Å²) in [6, 6.07) is 3.75. The third kappa shape index (κ3) is 2.67. The minimum absolute atomic E-state index is 0.00772. The van der Waals surface area contributed by atoms with Gasteiger partial charge in [0.25, 0.3) is 0 Å². The molecule has 0 spiro atoms. The van der Waals surface area contributed by atoms with Gasteiger partial charge in [-0.15, -0.1) is 0 Å². The highest BCUT2D eigenvalue weighted by Crippen LogP contribution is 2.23. The molecule has 0 aliphatic carbocycles. The molecule has 2 amide bonds. The Morgan fingerprint density at radius 3 is 3.14 bits per heavy atom. The summed E-state index contributed by atoms with van der Waals surface area (Å²) in [5, 5.41) is 11.6. The molecule has 3 heterocycles. The van der Waals surface area contributed by atoms with Gasteiger partial charge in [-0.2, -0.15) is 0 Å². The van der Waals surface area contributed by atoms with Crippen LogP contribution in [0.4, 0.5) is 10.6 Å². The van der Waals surface area contributed by atoms with E-state index in [0.29, 0.717) is 26.2 Å². The fourth-order valence-corrected chi connectivity index (χ4v) is 2.76. The predicted molar refractivity (Wildman–Crippen MR) is 77.0 cm³/mol. The zero-order valence-electron chi connectivity index (χ0n) is 11.4. The number of carboxylic acids is 1. The number of pyridine rings is 1. The number of nitrogens with one attached hydrogen (secondary N) is 1. The number of nitrogens with zero attached hydrogens (tertiary/aromatic N) is 3. The summed E-state index contributed by atoms with van der Waals surface area (Å²) in [5.41, 5.74) is 0.769. The van der Waals surface area contributed by atoms with E-state index < -0.39 is 5.97 Å². The number of urea groups is 1. The van der Waals surface area contributed by atoms with E-state index in [-0.39, 0.29) is 12.1 Å². The van der Waals surface area contributed by atoms with Crippen LogP contribution in [0.1, 0.15) is 5.56 Å². The van der Waals surface area contributed by atoms with Crippen LogP contribution in [0.15, 0.2) is 24.4 Å². The summed E-state index contributed by atoms with van der Waals surface area (Å²) in [7, 11) is 0. The van der Waals surface area contributed by atoms with Crippen LogP contribution in [0, 0.1) is 0 Å². The molecular weight excluding hydrogens is 272 g/mol. The van der Waals surface area contributed by atoms with Crippen molar-refractivity contribution in [1.82, 2.24) is 15.2 Å². The molecule has 21 heavy (non-hydrogen) atoms. The maximum Gasteiger partial charge on any atom is 0.328 e. The first-order valence-corrected chi connectivity index (χ1v) is 6.80. The van der Waals surface area contributed by atoms with Crippen LogP contribution < -0.4 is 10.2 Å². The van der Waals surface area contributed by atoms with Gasteiger partial charge in [0, 0.05) is 44.0 Å². The monoisotopic (exact) mass is 288 g/mol. The van der Waals surface area contributed by atoms with Gasteiger partial charge in [-0.25, -0.2) is 14.6 Å². The Balaban J connectivity index is 1.81. The Morgan fingerprint density at radius 1 is 1.48 bits per heavy atom. The smallest absolute Gasteiger partial charge is 0.328 e. The van der Waals surface area contributed by atoms with Gasteiger partial charge in [-0.3, -0.25) is 0 Å². The molecule has 1 atom stereocenters. The number of hydrogen-bond donors (Lipinski definition) is 2. The molecule has 1 unspecified atom stereocenters. The first-order chi connectivity index (χ1) is 10.1. The van der Waals surface area contributed by atoms with E-state index >= 15 is 0 Å². The molecule has 110 valence electrons. The predicted octanol–water partition coefficient (Wildman–Crippen LogP) is 0.393. The van der Waals surface area contributed by atoms with Crippen molar-refractivity contribution in [2.75, 3.05) is 31.1 Å². The second-order valence-corrected chi connectivity index (χ2v) is 5.07. The number of fused-ring (bicyclic) bond motifs is 1. The molecule has 3 rings (SSSR count). The van der Waals surface area contributed by atoms with Gasteiger partial charge < -0.3 is 20.2 Å². The van der Waals surface area contributed by atoms with Crippen molar-refractivity contribution >= 4 is 23.9 Å². The van der Waals surface area contributed by atoms with Crippen molar-refractivity contribution in [2.45, 2.75) is 6.04 Å². The number of hydrogen-bond acceptors (Lipinski definition) is 4. The van der Waals surface area contributed by atoms with Gasteiger partial charge in [-0.05, 0) is 18.2 Å². The summed E-state index contributed by atoms with van der Waals surface area (Å²) < 4.78 is 0. The summed E-state index contributed by atoms with van der Waals surface area (Å²) in [6.45, 7) is 2.68. The number of piperazine rings is 1. The van der Waals surface area contributed by atoms with Crippen molar-refractivity contribution in [3.05, 3.63) is 30.0 Å². The van der Waals surface area contributed by atoms with E-state index in [9.17, 15) is 9.59 Å². The highest BCUT2D eigenvalue weighted by atomic mass is 16.4. The van der Waals surface area contributed by atoms with Gasteiger partial charge in [0.05, 0.1) is 6.04 Å². The van der Waals surface area contributed by atoms with Gasteiger partial charge in [0.2, 0.25) is 0 Å². The third-order valence-electron chi connectivity index (χ3n) is 3.75. The normalized spacial score (nSPS) is 21.5. The number of carbonyl (C=O) groups is 2. The van der Waals surface area contributed by atoms with E-state index in [1.165, 1.54) is 0 Å². The average Bonchev–Trinajstić information content (AvgIpc) is 2.86. The summed E-state index contributed by atoms with van der Waals surface area (Å²) in [6.07, 6.45) is 4.35. The Bertz CT molecular complexity index is 602. The first kappa shape index (κ1) is 13.4. The van der Waals surface area contributed by atoms with Crippen molar-refractivity contribution in [1.29, 1.82) is 0 Å². The van der Waals surface area contributed by atoms with Crippen LogP contribution in [0.25, 0.3) is 6.08 Å². The van der Waals surface area contributed by atoms with Crippen molar-refractivity contribution in [3.63, 3.8) is 0 Å². The van der Waals surface area contributed by atoms with Crippen molar-refractivity contribution < 1.29 is 14.7 Å². The molecule has 2 aliphatic rings. The number of amides is 2. The van der Waals surface area contributed by atoms with E-state index in [1.54, 1.807) is 18.3 Å². The molecule has 0 bridgehead atoms. The number of aromatic nitrogens is 1. The number of aliphatic carboxylic acids is 1. The fraction of sp³-hybridized carbons (Fsp3) is 0.357. The number of anilines is 1. The van der Waals surface area contributed by atoms with Gasteiger partial charge in [-0.1, -0.05) is 0 Å². The zero-order chi connectivity index (χ0) is 14.8.